The van der Waals surface area contributed by atoms with Crippen LogP contribution in [0.3, 0.4) is 0 Å². The summed E-state index contributed by atoms with van der Waals surface area (Å²) in [6.45, 7) is 0.937. The van der Waals surface area contributed by atoms with Gasteiger partial charge in [0.15, 0.2) is 0 Å². The van der Waals surface area contributed by atoms with E-state index in [9.17, 15) is 18.8 Å². The number of anilines is 3. The fourth-order valence-corrected chi connectivity index (χ4v) is 3.25. The molecule has 0 unspecified atom stereocenters. The Morgan fingerprint density at radius 1 is 1.29 bits per heavy atom. The minimum atomic E-state index is -0.851. The highest BCUT2D eigenvalue weighted by Gasteiger charge is 2.24. The molecule has 150 valence electrons. The van der Waals surface area contributed by atoms with Gasteiger partial charge in [-0.1, -0.05) is 11.6 Å². The van der Waals surface area contributed by atoms with Crippen molar-refractivity contribution in [3.05, 3.63) is 52.8 Å². The van der Waals surface area contributed by atoms with Crippen molar-refractivity contribution in [1.82, 2.24) is 0 Å². The van der Waals surface area contributed by atoms with Crippen LogP contribution >= 0.6 is 11.6 Å². The molecule has 0 aliphatic carbocycles. The fourth-order valence-electron chi connectivity index (χ4n) is 3.07. The topological polar surface area (TPSA) is 65.0 Å². The molecule has 28 heavy (non-hydrogen) atoms. The Labute approximate surface area is 166 Å². The van der Waals surface area contributed by atoms with Crippen LogP contribution in [0.25, 0.3) is 0 Å². The maximum Gasteiger partial charge on any atom is 0.257 e. The Morgan fingerprint density at radius 3 is 2.64 bits per heavy atom. The van der Waals surface area contributed by atoms with Gasteiger partial charge in [0.25, 0.3) is 5.91 Å². The van der Waals surface area contributed by atoms with E-state index in [0.29, 0.717) is 42.5 Å². The number of alkyl halides is 1. The number of carbonyl (C=O) groups excluding carboxylic acids is 1. The Kier molecular flexibility index (Phi) is 6.33. The molecule has 1 aliphatic heterocycles. The molecule has 6 nitrogen and oxygen atoms in total. The Balaban J connectivity index is 1.92. The molecule has 1 amide bonds. The van der Waals surface area contributed by atoms with Crippen LogP contribution in [0.2, 0.25) is 5.02 Å². The molecule has 1 fully saturated rings. The van der Waals surface area contributed by atoms with Gasteiger partial charge < -0.3 is 10.2 Å². The van der Waals surface area contributed by atoms with Crippen LogP contribution in [0.4, 0.5) is 25.8 Å². The second-order valence-corrected chi connectivity index (χ2v) is 6.81. The van der Waals surface area contributed by atoms with Crippen molar-refractivity contribution < 1.29 is 23.6 Å². The summed E-state index contributed by atoms with van der Waals surface area (Å²) in [5, 5.41) is 12.9. The maximum atomic E-state index is 13.5. The molecule has 3 rings (SSSR count). The van der Waals surface area contributed by atoms with Gasteiger partial charge in [-0.15, -0.1) is 5.23 Å². The van der Waals surface area contributed by atoms with Crippen LogP contribution in [0, 0.1) is 5.82 Å². The van der Waals surface area contributed by atoms with Gasteiger partial charge in [0, 0.05) is 24.5 Å². The van der Waals surface area contributed by atoms with Gasteiger partial charge >= 0.3 is 0 Å². The number of benzene rings is 2. The van der Waals surface area contributed by atoms with Crippen LogP contribution in [-0.2, 0) is 4.84 Å². The molecular formula is C19H20ClF2N3O3. The van der Waals surface area contributed by atoms with Crippen molar-refractivity contribution in [3.63, 3.8) is 0 Å². The van der Waals surface area contributed by atoms with Gasteiger partial charge in [0.1, 0.15) is 12.0 Å². The van der Waals surface area contributed by atoms with Gasteiger partial charge in [0.2, 0.25) is 0 Å². The van der Waals surface area contributed by atoms with Gasteiger partial charge in [-0.2, -0.15) is 0 Å². The van der Waals surface area contributed by atoms with Crippen LogP contribution in [-0.4, -0.2) is 37.5 Å². The fraction of sp³-hybridized carbons (Fsp3) is 0.316. The van der Waals surface area contributed by atoms with Crippen LogP contribution in [0.15, 0.2) is 36.4 Å². The Morgan fingerprint density at radius 2 is 2.00 bits per heavy atom. The average molecular weight is 412 g/mol. The molecular weight excluding hydrogens is 392 g/mol. The van der Waals surface area contributed by atoms with Crippen molar-refractivity contribution in [3.8, 4) is 0 Å². The van der Waals surface area contributed by atoms with Gasteiger partial charge in [-0.25, -0.2) is 8.78 Å². The van der Waals surface area contributed by atoms with E-state index in [-0.39, 0.29) is 16.3 Å². The summed E-state index contributed by atoms with van der Waals surface area (Å²) in [4.78, 5) is 19.6. The average Bonchev–Trinajstić information content (AvgIpc) is 2.70. The number of nitrogens with zero attached hydrogens (tertiary/aromatic N) is 2. The normalized spacial score (nSPS) is 14.8. The number of hydrogen-bond acceptors (Lipinski definition) is 5. The monoisotopic (exact) mass is 411 g/mol. The van der Waals surface area contributed by atoms with Crippen molar-refractivity contribution >= 4 is 34.6 Å². The SMILES string of the molecule is CON(O)c1ccc(N2CCC(F)CC2)c(C(=O)Nc2ccc(F)c(Cl)c2)c1. The van der Waals surface area contributed by atoms with Crippen LogP contribution < -0.4 is 15.4 Å². The van der Waals surface area contributed by atoms with Gasteiger partial charge in [-0.05, 0) is 49.2 Å². The molecule has 0 aromatic heterocycles. The summed E-state index contributed by atoms with van der Waals surface area (Å²) < 4.78 is 26.8. The third-order valence-corrected chi connectivity index (χ3v) is 4.85. The summed E-state index contributed by atoms with van der Waals surface area (Å²) in [6, 6.07) is 8.57. The van der Waals surface area contributed by atoms with Crippen molar-refractivity contribution in [1.29, 1.82) is 0 Å². The molecule has 1 saturated heterocycles. The smallest absolute Gasteiger partial charge is 0.257 e. The molecule has 2 N–H and O–H groups in total. The van der Waals surface area contributed by atoms with E-state index in [1.807, 2.05) is 4.90 Å². The molecule has 0 spiro atoms. The molecule has 2 aromatic rings. The first kappa shape index (κ1) is 20.3. The lowest BCUT2D eigenvalue weighted by molar-refractivity contribution is -0.0109. The number of carbonyl (C=O) groups is 1. The first-order valence-electron chi connectivity index (χ1n) is 8.71. The number of hydrogen-bond donors (Lipinski definition) is 2. The molecule has 0 atom stereocenters. The summed E-state index contributed by atoms with van der Waals surface area (Å²) in [5.74, 6) is -1.07. The highest BCUT2D eigenvalue weighted by atomic mass is 35.5. The van der Waals surface area contributed by atoms with Crippen molar-refractivity contribution in [2.45, 2.75) is 19.0 Å². The first-order chi connectivity index (χ1) is 13.4. The molecule has 0 radical (unpaired) electrons. The summed E-state index contributed by atoms with van der Waals surface area (Å²) >= 11 is 5.77. The predicted octanol–water partition coefficient (Wildman–Crippen LogP) is 4.43. The lowest BCUT2D eigenvalue weighted by Gasteiger charge is -2.32. The third-order valence-electron chi connectivity index (χ3n) is 4.56. The first-order valence-corrected chi connectivity index (χ1v) is 9.09. The summed E-state index contributed by atoms with van der Waals surface area (Å²) in [6.07, 6.45) is -0.100. The van der Waals surface area contributed by atoms with E-state index in [1.165, 1.54) is 25.3 Å². The third kappa shape index (κ3) is 4.52. The number of nitrogens with one attached hydrogen (secondary N) is 1. The number of rotatable bonds is 5. The van der Waals surface area contributed by atoms with Crippen LogP contribution in [0.5, 0.6) is 0 Å². The number of halogens is 3. The van der Waals surface area contributed by atoms with E-state index < -0.39 is 17.9 Å². The summed E-state index contributed by atoms with van der Waals surface area (Å²) in [7, 11) is 1.28. The zero-order chi connectivity index (χ0) is 20.3. The van der Waals surface area contributed by atoms with Crippen molar-refractivity contribution in [2.24, 2.45) is 0 Å². The van der Waals surface area contributed by atoms with E-state index >= 15 is 0 Å². The minimum Gasteiger partial charge on any atom is -0.371 e. The zero-order valence-corrected chi connectivity index (χ0v) is 15.9. The quantitative estimate of drug-likeness (QED) is 0.713. The lowest BCUT2D eigenvalue weighted by atomic mass is 10.0. The van der Waals surface area contributed by atoms with Gasteiger partial charge in [0.05, 0.1) is 23.4 Å². The molecule has 1 aliphatic rings. The van der Waals surface area contributed by atoms with E-state index in [0.717, 1.165) is 6.07 Å². The van der Waals surface area contributed by atoms with E-state index in [4.69, 9.17) is 16.4 Å². The summed E-state index contributed by atoms with van der Waals surface area (Å²) in [5.41, 5.74) is 1.42. The standard InChI is InChI=1S/C19H20ClF2N3O3/c1-28-25(27)14-3-5-18(24-8-6-12(21)7-9-24)15(11-14)19(26)23-13-2-4-17(22)16(20)10-13/h2-5,10-12,27H,6-9H2,1H3,(H,23,26). The maximum absolute atomic E-state index is 13.5. The molecule has 0 saturated carbocycles. The minimum absolute atomic E-state index is 0.113. The predicted molar refractivity (Wildman–Crippen MR) is 103 cm³/mol. The second kappa shape index (κ2) is 8.72. The molecule has 0 bridgehead atoms. The van der Waals surface area contributed by atoms with Gasteiger partial charge in [-0.3, -0.25) is 14.8 Å². The zero-order valence-electron chi connectivity index (χ0n) is 15.2. The molecule has 9 heteroatoms. The highest BCUT2D eigenvalue weighted by molar-refractivity contribution is 6.31. The van der Waals surface area contributed by atoms with Crippen LogP contribution in [0.1, 0.15) is 23.2 Å². The van der Waals surface area contributed by atoms with Crippen molar-refractivity contribution in [2.75, 3.05) is 35.6 Å². The highest BCUT2D eigenvalue weighted by Crippen LogP contribution is 2.30. The number of piperidine rings is 1. The lowest BCUT2D eigenvalue weighted by Crippen LogP contribution is -2.35. The molecule has 2 aromatic carbocycles. The van der Waals surface area contributed by atoms with E-state index in [1.54, 1.807) is 12.1 Å². The van der Waals surface area contributed by atoms with E-state index in [2.05, 4.69) is 5.32 Å². The second-order valence-electron chi connectivity index (χ2n) is 6.40. The Bertz CT molecular complexity index is 860. The Hall–Kier alpha value is -2.42. The number of amides is 1. The largest absolute Gasteiger partial charge is 0.371 e. The molecule has 1 heterocycles.